The van der Waals surface area contributed by atoms with Crippen LogP contribution in [-0.2, 0) is 21.2 Å². The third-order valence-electron chi connectivity index (χ3n) is 5.97. The SMILES string of the molecule is O=C1[C@@H](N2CCc3c2ccc(F)c3Cl)CCN1c1ccc(S(=O)(=O)Nc2ccc(Cl)nn2)cc1.[HH]. The van der Waals surface area contributed by atoms with Crippen LogP contribution in [0.25, 0.3) is 0 Å². The predicted octanol–water partition coefficient (Wildman–Crippen LogP) is 4.14. The summed E-state index contributed by atoms with van der Waals surface area (Å²) in [4.78, 5) is 16.8. The van der Waals surface area contributed by atoms with Crippen molar-refractivity contribution >= 4 is 56.3 Å². The molecule has 3 aromatic rings. The fourth-order valence-electron chi connectivity index (χ4n) is 4.35. The number of anilines is 3. The monoisotopic (exact) mass is 523 g/mol. The van der Waals surface area contributed by atoms with Crippen LogP contribution in [-0.4, -0.2) is 43.7 Å². The maximum absolute atomic E-state index is 13.8. The predicted molar refractivity (Wildman–Crippen MR) is 130 cm³/mol. The van der Waals surface area contributed by atoms with E-state index >= 15 is 0 Å². The van der Waals surface area contributed by atoms with Gasteiger partial charge in [-0.3, -0.25) is 9.52 Å². The average Bonchev–Trinajstić information content (AvgIpc) is 3.41. The first kappa shape index (κ1) is 22.8. The number of carbonyl (C=O) groups is 1. The van der Waals surface area contributed by atoms with Gasteiger partial charge in [0.25, 0.3) is 10.0 Å². The second kappa shape index (κ2) is 8.68. The van der Waals surface area contributed by atoms with Crippen LogP contribution in [0, 0.1) is 5.82 Å². The van der Waals surface area contributed by atoms with Crippen molar-refractivity contribution in [2.75, 3.05) is 27.6 Å². The van der Waals surface area contributed by atoms with Gasteiger partial charge in [0.2, 0.25) is 5.91 Å². The molecule has 2 aliphatic heterocycles. The molecule has 0 saturated carbocycles. The number of hydrogen-bond acceptors (Lipinski definition) is 6. The molecule has 0 bridgehead atoms. The molecule has 8 nitrogen and oxygen atoms in total. The molecule has 34 heavy (non-hydrogen) atoms. The summed E-state index contributed by atoms with van der Waals surface area (Å²) in [7, 11) is -3.90. The molecule has 2 aliphatic rings. The van der Waals surface area contributed by atoms with Gasteiger partial charge in [0.15, 0.2) is 11.0 Å². The first-order chi connectivity index (χ1) is 16.2. The smallest absolute Gasteiger partial charge is 0.263 e. The Morgan fingerprint density at radius 1 is 1.03 bits per heavy atom. The molecule has 1 aromatic heterocycles. The fourth-order valence-corrected chi connectivity index (χ4v) is 5.70. The van der Waals surface area contributed by atoms with E-state index in [1.165, 1.54) is 30.3 Å². The van der Waals surface area contributed by atoms with Crippen LogP contribution in [0.15, 0.2) is 53.4 Å². The molecule has 0 spiro atoms. The van der Waals surface area contributed by atoms with Crippen molar-refractivity contribution in [3.05, 3.63) is 70.1 Å². The van der Waals surface area contributed by atoms with Crippen LogP contribution in [0.2, 0.25) is 10.2 Å². The van der Waals surface area contributed by atoms with Crippen LogP contribution < -0.4 is 14.5 Å². The lowest BCUT2D eigenvalue weighted by Gasteiger charge is -2.26. The summed E-state index contributed by atoms with van der Waals surface area (Å²) in [5.74, 6) is -0.523. The highest BCUT2D eigenvalue weighted by molar-refractivity contribution is 7.92. The molecule has 5 rings (SSSR count). The second-order valence-electron chi connectivity index (χ2n) is 7.94. The van der Waals surface area contributed by atoms with Gasteiger partial charge >= 0.3 is 0 Å². The number of sulfonamides is 1. The first-order valence-electron chi connectivity index (χ1n) is 10.4. The van der Waals surface area contributed by atoms with Gasteiger partial charge in [0.1, 0.15) is 11.9 Å². The summed E-state index contributed by atoms with van der Waals surface area (Å²) < 4.78 is 41.4. The van der Waals surface area contributed by atoms with Crippen molar-refractivity contribution in [2.24, 2.45) is 0 Å². The number of amides is 1. The van der Waals surface area contributed by atoms with Crippen molar-refractivity contribution in [3.8, 4) is 0 Å². The minimum atomic E-state index is -3.90. The van der Waals surface area contributed by atoms with Crippen molar-refractivity contribution in [3.63, 3.8) is 0 Å². The van der Waals surface area contributed by atoms with Gasteiger partial charge in [0, 0.05) is 25.9 Å². The van der Waals surface area contributed by atoms with E-state index in [0.29, 0.717) is 31.6 Å². The number of fused-ring (bicyclic) bond motifs is 1. The quantitative estimate of drug-likeness (QED) is 0.539. The molecule has 1 atom stereocenters. The molecule has 1 fully saturated rings. The maximum Gasteiger partial charge on any atom is 0.263 e. The van der Waals surface area contributed by atoms with E-state index in [0.717, 1.165) is 11.3 Å². The first-order valence-corrected chi connectivity index (χ1v) is 12.7. The highest BCUT2D eigenvalue weighted by atomic mass is 35.5. The zero-order valence-corrected chi connectivity index (χ0v) is 19.9. The second-order valence-corrected chi connectivity index (χ2v) is 10.4. The Kier molecular flexibility index (Phi) is 5.83. The Morgan fingerprint density at radius 3 is 2.50 bits per heavy atom. The van der Waals surface area contributed by atoms with Gasteiger partial charge < -0.3 is 9.80 Å². The molecule has 12 heteroatoms. The topological polar surface area (TPSA) is 95.5 Å². The Balaban J connectivity index is 0.00000289. The molecule has 1 amide bonds. The summed E-state index contributed by atoms with van der Waals surface area (Å²) in [6.45, 7) is 1.06. The fraction of sp³-hybridized carbons (Fsp3) is 0.227. The van der Waals surface area contributed by atoms with Gasteiger partial charge in [-0.05, 0) is 66.9 Å². The Hall–Kier alpha value is -2.95. The van der Waals surface area contributed by atoms with E-state index in [9.17, 15) is 17.6 Å². The summed E-state index contributed by atoms with van der Waals surface area (Å²) in [5, 5.41) is 7.56. The lowest BCUT2D eigenvalue weighted by Crippen LogP contribution is -2.41. The minimum Gasteiger partial charge on any atom is -0.359 e. The van der Waals surface area contributed by atoms with Crippen LogP contribution >= 0.6 is 23.2 Å². The summed E-state index contributed by atoms with van der Waals surface area (Å²) in [6.07, 6.45) is 1.16. The molecule has 0 radical (unpaired) electrons. The standard InChI is InChI=1S/C22H18Cl2FN5O3S.H2/c23-19-7-8-20(27-26-19)28-34(32,33)14-3-1-13(2-4-14)29-12-10-18(22(29)31)30-11-9-15-17(30)6-5-16(25)21(15)24;/h1-8,18H,9-12H2,(H,27,28);1H/t18-;/m0./s1. The van der Waals surface area contributed by atoms with Crippen LogP contribution in [0.4, 0.5) is 21.6 Å². The van der Waals surface area contributed by atoms with E-state index < -0.39 is 21.9 Å². The summed E-state index contributed by atoms with van der Waals surface area (Å²) in [6, 6.07) is 11.5. The summed E-state index contributed by atoms with van der Waals surface area (Å²) in [5.41, 5.74) is 2.10. The lowest BCUT2D eigenvalue weighted by atomic mass is 10.1. The van der Waals surface area contributed by atoms with Crippen molar-refractivity contribution in [1.29, 1.82) is 0 Å². The molecule has 178 valence electrons. The molecule has 2 aromatic carbocycles. The molecular formula is C22H20Cl2FN5O3S. The average molecular weight is 524 g/mol. The Bertz CT molecular complexity index is 1380. The number of rotatable bonds is 5. The lowest BCUT2D eigenvalue weighted by molar-refractivity contribution is -0.118. The van der Waals surface area contributed by atoms with Crippen molar-refractivity contribution in [1.82, 2.24) is 10.2 Å². The van der Waals surface area contributed by atoms with E-state index in [1.807, 2.05) is 4.90 Å². The zero-order chi connectivity index (χ0) is 24.0. The van der Waals surface area contributed by atoms with Gasteiger partial charge in [-0.15, -0.1) is 10.2 Å². The molecule has 3 heterocycles. The maximum atomic E-state index is 13.8. The zero-order valence-electron chi connectivity index (χ0n) is 17.6. The number of nitrogens with one attached hydrogen (secondary N) is 1. The number of carbonyl (C=O) groups excluding carboxylic acids is 1. The van der Waals surface area contributed by atoms with E-state index in [-0.39, 0.29) is 28.2 Å². The third kappa shape index (κ3) is 4.06. The Morgan fingerprint density at radius 2 is 1.79 bits per heavy atom. The molecule has 1 saturated heterocycles. The number of aromatic nitrogens is 2. The van der Waals surface area contributed by atoms with Crippen molar-refractivity contribution in [2.45, 2.75) is 23.8 Å². The van der Waals surface area contributed by atoms with Crippen LogP contribution in [0.5, 0.6) is 0 Å². The number of hydrogen-bond donors (Lipinski definition) is 1. The number of nitrogens with zero attached hydrogens (tertiary/aromatic N) is 4. The van der Waals surface area contributed by atoms with Crippen LogP contribution in [0.3, 0.4) is 0 Å². The van der Waals surface area contributed by atoms with Gasteiger partial charge in [-0.1, -0.05) is 23.2 Å². The summed E-state index contributed by atoms with van der Waals surface area (Å²) >= 11 is 11.8. The minimum absolute atomic E-state index is 0. The highest BCUT2D eigenvalue weighted by Gasteiger charge is 2.39. The van der Waals surface area contributed by atoms with Gasteiger partial charge in [-0.25, -0.2) is 12.8 Å². The normalized spacial score (nSPS) is 17.9. The number of benzene rings is 2. The molecular weight excluding hydrogens is 504 g/mol. The van der Waals surface area contributed by atoms with E-state index in [2.05, 4.69) is 14.9 Å². The molecule has 0 unspecified atom stereocenters. The third-order valence-corrected chi connectivity index (χ3v) is 7.95. The van der Waals surface area contributed by atoms with E-state index in [1.54, 1.807) is 23.1 Å². The van der Waals surface area contributed by atoms with Crippen LogP contribution in [0.1, 0.15) is 13.4 Å². The number of halogens is 3. The van der Waals surface area contributed by atoms with E-state index in [4.69, 9.17) is 23.2 Å². The van der Waals surface area contributed by atoms with Gasteiger partial charge in [0.05, 0.1) is 9.92 Å². The molecule has 1 N–H and O–H groups in total. The largest absolute Gasteiger partial charge is 0.359 e. The Labute approximate surface area is 206 Å². The van der Waals surface area contributed by atoms with Gasteiger partial charge in [-0.2, -0.15) is 0 Å². The molecule has 0 aliphatic carbocycles. The highest BCUT2D eigenvalue weighted by Crippen LogP contribution is 2.38. The van der Waals surface area contributed by atoms with Crippen molar-refractivity contribution < 1.29 is 19.0 Å².